The maximum absolute atomic E-state index is 13.6. The van der Waals surface area contributed by atoms with E-state index < -0.39 is 0 Å². The van der Waals surface area contributed by atoms with Gasteiger partial charge in [0.25, 0.3) is 0 Å². The van der Waals surface area contributed by atoms with E-state index in [1.807, 2.05) is 6.92 Å². The Labute approximate surface area is 144 Å². The fourth-order valence-corrected chi connectivity index (χ4v) is 2.83. The van der Waals surface area contributed by atoms with Gasteiger partial charge in [-0.15, -0.1) is 0 Å². The molecule has 1 saturated heterocycles. The van der Waals surface area contributed by atoms with Crippen LogP contribution in [0.5, 0.6) is 0 Å². The summed E-state index contributed by atoms with van der Waals surface area (Å²) >= 11 is 0. The molecule has 2 rings (SSSR count). The van der Waals surface area contributed by atoms with E-state index in [1.165, 1.54) is 32.0 Å². The van der Waals surface area contributed by atoms with Gasteiger partial charge in [0.2, 0.25) is 0 Å². The average Bonchev–Trinajstić information content (AvgIpc) is 2.59. The van der Waals surface area contributed by atoms with E-state index in [4.69, 9.17) is 0 Å². The van der Waals surface area contributed by atoms with Gasteiger partial charge in [-0.25, -0.2) is 9.38 Å². The minimum absolute atomic E-state index is 0.242. The fourth-order valence-electron chi connectivity index (χ4n) is 2.83. The average molecular weight is 335 g/mol. The van der Waals surface area contributed by atoms with Crippen LogP contribution >= 0.6 is 0 Å². The van der Waals surface area contributed by atoms with Crippen molar-refractivity contribution in [2.45, 2.75) is 39.7 Å². The molecule has 0 bridgehead atoms. The summed E-state index contributed by atoms with van der Waals surface area (Å²) in [5.41, 5.74) is 0.372. The van der Waals surface area contributed by atoms with E-state index in [2.05, 4.69) is 32.4 Å². The molecule has 0 radical (unpaired) electrons. The number of pyridine rings is 1. The van der Waals surface area contributed by atoms with Gasteiger partial charge in [0.1, 0.15) is 5.82 Å². The number of halogens is 1. The van der Waals surface area contributed by atoms with E-state index in [9.17, 15) is 4.39 Å². The summed E-state index contributed by atoms with van der Waals surface area (Å²) in [6.45, 7) is 9.79. The van der Waals surface area contributed by atoms with Crippen LogP contribution in [-0.4, -0.2) is 48.6 Å². The van der Waals surface area contributed by atoms with Crippen LogP contribution in [0.3, 0.4) is 0 Å². The van der Waals surface area contributed by atoms with Crippen LogP contribution in [0.1, 0.15) is 38.8 Å². The Kier molecular flexibility index (Phi) is 7.95. The second-order valence-electron chi connectivity index (χ2n) is 6.43. The predicted octanol–water partition coefficient (Wildman–Crippen LogP) is 2.40. The van der Waals surface area contributed by atoms with Crippen molar-refractivity contribution in [1.29, 1.82) is 0 Å². The summed E-state index contributed by atoms with van der Waals surface area (Å²) in [5, 5.41) is 6.51. The van der Waals surface area contributed by atoms with Gasteiger partial charge in [0.15, 0.2) is 5.96 Å². The third kappa shape index (κ3) is 6.43. The Morgan fingerprint density at radius 1 is 1.38 bits per heavy atom. The predicted molar refractivity (Wildman–Crippen MR) is 96.5 cm³/mol. The monoisotopic (exact) mass is 335 g/mol. The number of hydrogen-bond acceptors (Lipinski definition) is 3. The molecule has 0 amide bonds. The summed E-state index contributed by atoms with van der Waals surface area (Å²) < 4.78 is 13.6. The summed E-state index contributed by atoms with van der Waals surface area (Å²) in [7, 11) is 0. The SMILES string of the molecule is CCNC(=NCc1ncccc1F)NCCCN1CCC(C)CC1. The third-order valence-electron chi connectivity index (χ3n) is 4.39. The summed E-state index contributed by atoms with van der Waals surface area (Å²) in [6.07, 6.45) is 5.30. The number of nitrogens with one attached hydrogen (secondary N) is 2. The summed E-state index contributed by atoms with van der Waals surface area (Å²) in [6, 6.07) is 3.00. The van der Waals surface area contributed by atoms with Crippen LogP contribution in [0.2, 0.25) is 0 Å². The van der Waals surface area contributed by atoms with Crippen LogP contribution in [0.4, 0.5) is 4.39 Å². The number of aliphatic imine (C=N–C) groups is 1. The van der Waals surface area contributed by atoms with Crippen molar-refractivity contribution in [3.63, 3.8) is 0 Å². The first-order valence-electron chi connectivity index (χ1n) is 9.03. The molecule has 2 N–H and O–H groups in total. The maximum atomic E-state index is 13.6. The van der Waals surface area contributed by atoms with E-state index in [0.717, 1.165) is 37.9 Å². The van der Waals surface area contributed by atoms with Crippen LogP contribution in [-0.2, 0) is 6.54 Å². The lowest BCUT2D eigenvalue weighted by molar-refractivity contribution is 0.191. The molecule has 24 heavy (non-hydrogen) atoms. The van der Waals surface area contributed by atoms with Crippen LogP contribution < -0.4 is 10.6 Å². The number of likely N-dealkylation sites (tertiary alicyclic amines) is 1. The topological polar surface area (TPSA) is 52.6 Å². The minimum atomic E-state index is -0.309. The quantitative estimate of drug-likeness (QED) is 0.456. The van der Waals surface area contributed by atoms with Crippen molar-refractivity contribution >= 4 is 5.96 Å². The lowest BCUT2D eigenvalue weighted by atomic mass is 9.99. The maximum Gasteiger partial charge on any atom is 0.191 e. The molecule has 0 atom stereocenters. The molecule has 0 spiro atoms. The Balaban J connectivity index is 1.72. The van der Waals surface area contributed by atoms with E-state index in [1.54, 1.807) is 12.3 Å². The number of rotatable bonds is 7. The van der Waals surface area contributed by atoms with Crippen molar-refractivity contribution in [1.82, 2.24) is 20.5 Å². The summed E-state index contributed by atoms with van der Waals surface area (Å²) in [5.74, 6) is 1.28. The lowest BCUT2D eigenvalue weighted by Gasteiger charge is -2.30. The molecule has 0 aliphatic carbocycles. The Morgan fingerprint density at radius 2 is 2.17 bits per heavy atom. The standard InChI is InChI=1S/C18H30FN5/c1-3-20-18(23-14-17-16(19)6-4-9-21-17)22-10-5-11-24-12-7-15(2)8-13-24/h4,6,9,15H,3,5,7-8,10-14H2,1-2H3,(H2,20,22,23). The van der Waals surface area contributed by atoms with Gasteiger partial charge in [-0.05, 0) is 63.9 Å². The normalized spacial score (nSPS) is 17.0. The van der Waals surface area contributed by atoms with Gasteiger partial charge in [-0.3, -0.25) is 4.98 Å². The fraction of sp³-hybridized carbons (Fsp3) is 0.667. The van der Waals surface area contributed by atoms with Crippen LogP contribution in [0.15, 0.2) is 23.3 Å². The largest absolute Gasteiger partial charge is 0.357 e. The molecular formula is C18H30FN5. The third-order valence-corrected chi connectivity index (χ3v) is 4.39. The van der Waals surface area contributed by atoms with Gasteiger partial charge in [-0.2, -0.15) is 0 Å². The molecule has 0 aromatic carbocycles. The van der Waals surface area contributed by atoms with Crippen molar-refractivity contribution in [3.05, 3.63) is 29.8 Å². The number of guanidine groups is 1. The second-order valence-corrected chi connectivity index (χ2v) is 6.43. The number of piperidine rings is 1. The van der Waals surface area contributed by atoms with E-state index >= 15 is 0 Å². The second kappa shape index (κ2) is 10.2. The van der Waals surface area contributed by atoms with Gasteiger partial charge in [-0.1, -0.05) is 6.92 Å². The Hall–Kier alpha value is -1.69. The first kappa shape index (κ1) is 18.6. The highest BCUT2D eigenvalue weighted by molar-refractivity contribution is 5.79. The lowest BCUT2D eigenvalue weighted by Crippen LogP contribution is -2.39. The zero-order valence-electron chi connectivity index (χ0n) is 14.9. The highest BCUT2D eigenvalue weighted by atomic mass is 19.1. The van der Waals surface area contributed by atoms with E-state index in [-0.39, 0.29) is 12.4 Å². The van der Waals surface area contributed by atoms with Gasteiger partial charge >= 0.3 is 0 Å². The molecule has 1 aliphatic heterocycles. The molecule has 2 heterocycles. The smallest absolute Gasteiger partial charge is 0.191 e. The molecule has 5 nitrogen and oxygen atoms in total. The molecule has 1 aliphatic rings. The molecule has 6 heteroatoms. The molecule has 0 saturated carbocycles. The highest BCUT2D eigenvalue weighted by Gasteiger charge is 2.14. The minimum Gasteiger partial charge on any atom is -0.357 e. The van der Waals surface area contributed by atoms with Crippen molar-refractivity contribution < 1.29 is 4.39 Å². The number of aromatic nitrogens is 1. The first-order chi connectivity index (χ1) is 11.7. The Bertz CT molecular complexity index is 512. The highest BCUT2D eigenvalue weighted by Crippen LogP contribution is 2.15. The molecule has 0 unspecified atom stereocenters. The molecular weight excluding hydrogens is 305 g/mol. The van der Waals surface area contributed by atoms with Crippen molar-refractivity contribution in [3.8, 4) is 0 Å². The zero-order chi connectivity index (χ0) is 17.2. The molecule has 1 aromatic heterocycles. The first-order valence-corrected chi connectivity index (χ1v) is 9.03. The molecule has 134 valence electrons. The molecule has 1 fully saturated rings. The molecule has 1 aromatic rings. The van der Waals surface area contributed by atoms with Gasteiger partial charge in [0.05, 0.1) is 12.2 Å². The van der Waals surface area contributed by atoms with E-state index in [0.29, 0.717) is 5.69 Å². The van der Waals surface area contributed by atoms with Crippen LogP contribution in [0, 0.1) is 11.7 Å². The zero-order valence-corrected chi connectivity index (χ0v) is 14.9. The van der Waals surface area contributed by atoms with Gasteiger partial charge in [0, 0.05) is 19.3 Å². The van der Waals surface area contributed by atoms with Crippen LogP contribution in [0.25, 0.3) is 0 Å². The Morgan fingerprint density at radius 3 is 2.88 bits per heavy atom. The summed E-state index contributed by atoms with van der Waals surface area (Å²) in [4.78, 5) is 11.0. The number of hydrogen-bond donors (Lipinski definition) is 2. The van der Waals surface area contributed by atoms with Crippen molar-refractivity contribution in [2.24, 2.45) is 10.9 Å². The van der Waals surface area contributed by atoms with Gasteiger partial charge < -0.3 is 15.5 Å². The van der Waals surface area contributed by atoms with Crippen molar-refractivity contribution in [2.75, 3.05) is 32.7 Å². The number of nitrogens with zero attached hydrogens (tertiary/aromatic N) is 3.